The molecule has 1 unspecified atom stereocenters. The molecule has 2 N–H and O–H groups in total. The van der Waals surface area contributed by atoms with E-state index in [0.29, 0.717) is 28.7 Å². The molecule has 2 amide bonds. The van der Waals surface area contributed by atoms with Crippen LogP contribution in [0.3, 0.4) is 0 Å². The molecule has 0 saturated heterocycles. The Morgan fingerprint density at radius 3 is 2.40 bits per heavy atom. The van der Waals surface area contributed by atoms with Gasteiger partial charge in [0.1, 0.15) is 11.4 Å². The van der Waals surface area contributed by atoms with Crippen molar-refractivity contribution in [2.24, 2.45) is 21.7 Å². The summed E-state index contributed by atoms with van der Waals surface area (Å²) in [5, 5.41) is 16.5. The highest BCUT2D eigenvalue weighted by Crippen LogP contribution is 2.50. The van der Waals surface area contributed by atoms with Crippen molar-refractivity contribution in [3.63, 3.8) is 0 Å². The number of benzene rings is 1. The standard InChI is InChI=1S/C32H43N9O2/c1-30(2,3)14-13-25(21-7-9-22(10-8-21)28(42)35-20-26-37-39-40-38-26)41-29(43)27(24-19-33-17-18-34-24)36-32(41)15-11-23(12-16-32)31(4,5)6/h7-10,17-19,23,25H,11-16,20H2,1-6H3,(H,35,42)(H,37,38,39,40). The Balaban J connectivity index is 1.48. The molecule has 228 valence electrons. The zero-order valence-electron chi connectivity index (χ0n) is 26.1. The van der Waals surface area contributed by atoms with Crippen LogP contribution in [-0.2, 0) is 11.3 Å². The van der Waals surface area contributed by atoms with Gasteiger partial charge in [0.15, 0.2) is 11.5 Å². The number of hydrogen-bond acceptors (Lipinski definition) is 8. The maximum atomic E-state index is 14.4. The van der Waals surface area contributed by atoms with Crippen molar-refractivity contribution >= 4 is 17.5 Å². The number of nitrogens with zero attached hydrogens (tertiary/aromatic N) is 7. The van der Waals surface area contributed by atoms with Crippen LogP contribution in [0, 0.1) is 16.7 Å². The number of aromatic amines is 1. The van der Waals surface area contributed by atoms with Gasteiger partial charge < -0.3 is 10.2 Å². The van der Waals surface area contributed by atoms with E-state index in [1.807, 2.05) is 29.2 Å². The van der Waals surface area contributed by atoms with Gasteiger partial charge >= 0.3 is 0 Å². The van der Waals surface area contributed by atoms with Gasteiger partial charge in [-0.25, -0.2) is 4.99 Å². The fourth-order valence-electron chi connectivity index (χ4n) is 6.32. The van der Waals surface area contributed by atoms with Crippen molar-refractivity contribution in [2.45, 2.75) is 98.3 Å². The van der Waals surface area contributed by atoms with Gasteiger partial charge in [0, 0.05) is 18.0 Å². The maximum Gasteiger partial charge on any atom is 0.276 e. The smallest absolute Gasteiger partial charge is 0.276 e. The Morgan fingerprint density at radius 1 is 1.09 bits per heavy atom. The Bertz CT molecular complexity index is 1430. The predicted octanol–water partition coefficient (Wildman–Crippen LogP) is 5.05. The fraction of sp³-hybridized carbons (Fsp3) is 0.562. The molecule has 2 aromatic heterocycles. The lowest BCUT2D eigenvalue weighted by molar-refractivity contribution is -0.134. The second-order valence-electron chi connectivity index (χ2n) is 14.1. The zero-order valence-corrected chi connectivity index (χ0v) is 26.1. The quantitative estimate of drug-likeness (QED) is 0.377. The van der Waals surface area contributed by atoms with Crippen molar-refractivity contribution in [3.8, 4) is 0 Å². The lowest BCUT2D eigenvalue weighted by Gasteiger charge is -2.47. The molecule has 1 aliphatic heterocycles. The Labute approximate surface area is 253 Å². The van der Waals surface area contributed by atoms with E-state index in [9.17, 15) is 9.59 Å². The highest BCUT2D eigenvalue weighted by atomic mass is 16.2. The summed E-state index contributed by atoms with van der Waals surface area (Å²) in [4.78, 5) is 43.2. The van der Waals surface area contributed by atoms with Gasteiger partial charge in [-0.05, 0) is 73.0 Å². The van der Waals surface area contributed by atoms with E-state index in [1.165, 1.54) is 0 Å². The van der Waals surface area contributed by atoms with Crippen molar-refractivity contribution in [1.29, 1.82) is 0 Å². The minimum Gasteiger partial charge on any atom is -0.345 e. The van der Waals surface area contributed by atoms with Crippen molar-refractivity contribution in [1.82, 2.24) is 40.8 Å². The van der Waals surface area contributed by atoms with Crippen LogP contribution in [-0.4, -0.2) is 58.7 Å². The van der Waals surface area contributed by atoms with Crippen LogP contribution in [0.2, 0.25) is 0 Å². The number of rotatable bonds is 8. The monoisotopic (exact) mass is 585 g/mol. The van der Waals surface area contributed by atoms with Crippen molar-refractivity contribution in [2.75, 3.05) is 0 Å². The first-order valence-electron chi connectivity index (χ1n) is 15.2. The van der Waals surface area contributed by atoms with Gasteiger partial charge in [-0.2, -0.15) is 5.21 Å². The first kappa shape index (κ1) is 30.4. The zero-order chi connectivity index (χ0) is 30.8. The molecular weight excluding hydrogens is 542 g/mol. The summed E-state index contributed by atoms with van der Waals surface area (Å²) in [6.07, 6.45) is 10.1. The highest BCUT2D eigenvalue weighted by molar-refractivity contribution is 6.46. The fourth-order valence-corrected chi connectivity index (χ4v) is 6.32. The number of hydrogen-bond donors (Lipinski definition) is 2. The molecule has 0 bridgehead atoms. The van der Waals surface area contributed by atoms with Crippen molar-refractivity contribution < 1.29 is 9.59 Å². The molecular formula is C32H43N9O2. The summed E-state index contributed by atoms with van der Waals surface area (Å²) in [7, 11) is 0. The molecule has 3 heterocycles. The number of H-pyrrole nitrogens is 1. The number of carbonyl (C=O) groups excluding carboxylic acids is 2. The van der Waals surface area contributed by atoms with E-state index in [1.54, 1.807) is 18.6 Å². The van der Waals surface area contributed by atoms with Crippen LogP contribution >= 0.6 is 0 Å². The van der Waals surface area contributed by atoms with Crippen LogP contribution in [0.5, 0.6) is 0 Å². The number of aromatic nitrogens is 6. The average molecular weight is 586 g/mol. The second kappa shape index (κ2) is 11.9. The molecule has 2 aliphatic rings. The first-order valence-corrected chi connectivity index (χ1v) is 15.2. The minimum atomic E-state index is -0.644. The molecule has 5 rings (SSSR count). The summed E-state index contributed by atoms with van der Waals surface area (Å²) in [6, 6.07) is 7.36. The lowest BCUT2D eigenvalue weighted by atomic mass is 9.69. The molecule has 11 heteroatoms. The third-order valence-corrected chi connectivity index (χ3v) is 8.84. The molecule has 1 atom stereocenters. The van der Waals surface area contributed by atoms with Gasteiger partial charge in [-0.15, -0.1) is 10.2 Å². The summed E-state index contributed by atoms with van der Waals surface area (Å²) < 4.78 is 0. The Morgan fingerprint density at radius 2 is 1.81 bits per heavy atom. The average Bonchev–Trinajstić information content (AvgIpc) is 3.59. The molecule has 1 aliphatic carbocycles. The molecule has 1 fully saturated rings. The summed E-state index contributed by atoms with van der Waals surface area (Å²) in [5.74, 6) is 0.634. The number of aliphatic imine (C=N–C) groups is 1. The maximum absolute atomic E-state index is 14.4. The molecule has 1 aromatic carbocycles. The molecule has 3 aromatic rings. The van der Waals surface area contributed by atoms with Crippen LogP contribution in [0.25, 0.3) is 0 Å². The lowest BCUT2D eigenvalue weighted by Crippen LogP contribution is -2.51. The normalized spacial score (nSPS) is 21.6. The first-order chi connectivity index (χ1) is 20.4. The SMILES string of the molecule is CC(C)(C)CCC(c1ccc(C(=O)NCc2nn[nH]n2)cc1)N1C(=O)C(c2cnccn2)=NC12CCC(C(C)(C)C)CC2. The van der Waals surface area contributed by atoms with Crippen LogP contribution in [0.15, 0.2) is 47.8 Å². The van der Waals surface area contributed by atoms with E-state index in [-0.39, 0.29) is 35.2 Å². The van der Waals surface area contributed by atoms with Crippen LogP contribution < -0.4 is 5.32 Å². The predicted molar refractivity (Wildman–Crippen MR) is 163 cm³/mol. The van der Waals surface area contributed by atoms with Crippen LogP contribution in [0.4, 0.5) is 0 Å². The van der Waals surface area contributed by atoms with Gasteiger partial charge in [0.25, 0.3) is 11.8 Å². The molecule has 1 spiro atoms. The third kappa shape index (κ3) is 6.81. The molecule has 0 radical (unpaired) electrons. The minimum absolute atomic E-state index is 0.0711. The highest BCUT2D eigenvalue weighted by Gasteiger charge is 2.53. The third-order valence-electron chi connectivity index (χ3n) is 8.84. The number of tetrazole rings is 1. The van der Waals surface area contributed by atoms with E-state index in [2.05, 4.69) is 77.5 Å². The van der Waals surface area contributed by atoms with Crippen LogP contribution in [0.1, 0.15) is 114 Å². The molecule has 43 heavy (non-hydrogen) atoms. The Hall–Kier alpha value is -4.02. The van der Waals surface area contributed by atoms with Gasteiger partial charge in [-0.1, -0.05) is 58.9 Å². The van der Waals surface area contributed by atoms with Crippen molar-refractivity contribution in [3.05, 3.63) is 65.5 Å². The summed E-state index contributed by atoms with van der Waals surface area (Å²) in [5.41, 5.74) is 2.03. The van der Waals surface area contributed by atoms with E-state index >= 15 is 0 Å². The van der Waals surface area contributed by atoms with Gasteiger partial charge in [0.2, 0.25) is 0 Å². The molecule has 11 nitrogen and oxygen atoms in total. The molecule has 1 saturated carbocycles. The number of carbonyl (C=O) groups is 2. The van der Waals surface area contributed by atoms with E-state index < -0.39 is 5.66 Å². The Kier molecular flexibility index (Phi) is 8.45. The second-order valence-corrected chi connectivity index (χ2v) is 14.1. The largest absolute Gasteiger partial charge is 0.345 e. The van der Waals surface area contributed by atoms with E-state index in [4.69, 9.17) is 4.99 Å². The summed E-state index contributed by atoms with van der Waals surface area (Å²) in [6.45, 7) is 13.7. The number of nitrogens with one attached hydrogen (secondary N) is 2. The number of amides is 2. The van der Waals surface area contributed by atoms with Gasteiger partial charge in [-0.3, -0.25) is 19.6 Å². The van der Waals surface area contributed by atoms with E-state index in [0.717, 1.165) is 44.1 Å². The van der Waals surface area contributed by atoms with Gasteiger partial charge in [0.05, 0.1) is 18.8 Å². The summed E-state index contributed by atoms with van der Waals surface area (Å²) >= 11 is 0. The topological polar surface area (TPSA) is 142 Å².